The summed E-state index contributed by atoms with van der Waals surface area (Å²) >= 11 is 0. The van der Waals surface area contributed by atoms with Crippen LogP contribution in [0.4, 0.5) is 0 Å². The number of carbonyl (C=O) groups is 1. The zero-order valence-corrected chi connectivity index (χ0v) is 22.9. The van der Waals surface area contributed by atoms with E-state index in [9.17, 15) is 30.3 Å². The maximum Gasteiger partial charge on any atom is 0.228 e. The van der Waals surface area contributed by atoms with Crippen LogP contribution in [-0.4, -0.2) is 98.8 Å². The molecule has 0 bridgehead atoms. The summed E-state index contributed by atoms with van der Waals surface area (Å²) in [6.07, 6.45) is -4.79. The van der Waals surface area contributed by atoms with E-state index in [4.69, 9.17) is 19.9 Å². The first-order valence-electron chi connectivity index (χ1n) is 13.3. The summed E-state index contributed by atoms with van der Waals surface area (Å²) in [5.74, 6) is -3.28. The molecule has 0 aromatic heterocycles. The zero-order chi connectivity index (χ0) is 28.1. The molecular weight excluding hydrogens is 484 g/mol. The number of allylic oxidation sites excluding steroid dienone is 1. The summed E-state index contributed by atoms with van der Waals surface area (Å²) < 4.78 is 17.8. The lowest BCUT2D eigenvalue weighted by molar-refractivity contribution is -0.307. The van der Waals surface area contributed by atoms with Gasteiger partial charge in [-0.3, -0.25) is 4.79 Å². The largest absolute Gasteiger partial charge is 0.393 e. The fraction of sp³-hybridized carbons (Fsp3) is 0.885. The summed E-state index contributed by atoms with van der Waals surface area (Å²) in [6.45, 7) is 11.3. The molecule has 2 heterocycles. The Labute approximate surface area is 220 Å². The summed E-state index contributed by atoms with van der Waals surface area (Å²) in [5, 5.41) is 56.0. The third kappa shape index (κ3) is 8.67. The quantitative estimate of drug-likeness (QED) is 0.175. The van der Waals surface area contributed by atoms with E-state index in [0.29, 0.717) is 6.54 Å². The Kier molecular flexibility index (Phi) is 11.9. The molecule has 2 rings (SSSR count). The van der Waals surface area contributed by atoms with Gasteiger partial charge in [-0.2, -0.15) is 0 Å². The van der Waals surface area contributed by atoms with Gasteiger partial charge in [-0.15, -0.1) is 0 Å². The Balaban J connectivity index is 2.34. The normalized spacial score (nSPS) is 38.8. The molecule has 6 unspecified atom stereocenters. The van der Waals surface area contributed by atoms with Crippen molar-refractivity contribution in [2.75, 3.05) is 6.54 Å². The van der Waals surface area contributed by atoms with Gasteiger partial charge in [-0.05, 0) is 25.7 Å². The second kappa shape index (κ2) is 13.8. The van der Waals surface area contributed by atoms with Gasteiger partial charge in [0.25, 0.3) is 0 Å². The van der Waals surface area contributed by atoms with Crippen LogP contribution < -0.4 is 11.1 Å². The SMILES string of the molecule is CCNC(=O)C1[C@H](C[C@H](/C=C/C(C)C)OC2OC(C)C(O)C(N)C2O)O[C@](O)(C[C@@H](O)C(C)C)C[C@@H]1O. The molecule has 2 saturated heterocycles. The van der Waals surface area contributed by atoms with Crippen LogP contribution in [0.2, 0.25) is 0 Å². The smallest absolute Gasteiger partial charge is 0.228 e. The highest BCUT2D eigenvalue weighted by atomic mass is 16.7. The first-order chi connectivity index (χ1) is 17.2. The van der Waals surface area contributed by atoms with Crippen LogP contribution in [0.25, 0.3) is 0 Å². The monoisotopic (exact) mass is 532 g/mol. The number of ether oxygens (including phenoxy) is 3. The summed E-state index contributed by atoms with van der Waals surface area (Å²) in [4.78, 5) is 12.9. The third-order valence-electron chi connectivity index (χ3n) is 7.05. The molecule has 2 fully saturated rings. The first-order valence-corrected chi connectivity index (χ1v) is 13.3. The molecule has 8 N–H and O–H groups in total. The van der Waals surface area contributed by atoms with E-state index in [0.717, 1.165) is 0 Å². The molecule has 0 radical (unpaired) electrons. The molecule has 2 aliphatic rings. The van der Waals surface area contributed by atoms with Crippen LogP contribution in [0.1, 0.15) is 60.8 Å². The second-order valence-corrected chi connectivity index (χ2v) is 11.1. The highest BCUT2D eigenvalue weighted by Gasteiger charge is 2.50. The highest BCUT2D eigenvalue weighted by molar-refractivity contribution is 5.80. The van der Waals surface area contributed by atoms with Gasteiger partial charge in [-0.25, -0.2) is 0 Å². The summed E-state index contributed by atoms with van der Waals surface area (Å²) in [5.41, 5.74) is 5.96. The molecule has 216 valence electrons. The molecule has 0 saturated carbocycles. The minimum Gasteiger partial charge on any atom is -0.393 e. The number of aliphatic hydroxyl groups excluding tert-OH is 4. The van der Waals surface area contributed by atoms with Gasteiger partial charge < -0.3 is 50.8 Å². The number of nitrogens with two attached hydrogens (primary N) is 1. The van der Waals surface area contributed by atoms with E-state index in [-0.39, 0.29) is 31.1 Å². The van der Waals surface area contributed by atoms with Crippen LogP contribution in [0.5, 0.6) is 0 Å². The molecule has 0 aromatic rings. The summed E-state index contributed by atoms with van der Waals surface area (Å²) in [6, 6.07) is -0.984. The number of hydrogen-bond donors (Lipinski definition) is 7. The van der Waals surface area contributed by atoms with E-state index in [2.05, 4.69) is 5.32 Å². The van der Waals surface area contributed by atoms with E-state index < -0.39 is 72.7 Å². The van der Waals surface area contributed by atoms with Crippen LogP contribution in [0, 0.1) is 17.8 Å². The molecule has 11 nitrogen and oxygen atoms in total. The number of carbonyl (C=O) groups excluding carboxylic acids is 1. The average molecular weight is 533 g/mol. The van der Waals surface area contributed by atoms with Crippen molar-refractivity contribution in [1.82, 2.24) is 5.32 Å². The Morgan fingerprint density at radius 1 is 1.19 bits per heavy atom. The van der Waals surface area contributed by atoms with Gasteiger partial charge in [-0.1, -0.05) is 39.8 Å². The van der Waals surface area contributed by atoms with Crippen molar-refractivity contribution in [2.45, 2.75) is 122 Å². The minimum atomic E-state index is -1.86. The Morgan fingerprint density at radius 3 is 2.41 bits per heavy atom. The molecule has 11 atom stereocenters. The Morgan fingerprint density at radius 2 is 1.84 bits per heavy atom. The van der Waals surface area contributed by atoms with Crippen molar-refractivity contribution in [2.24, 2.45) is 23.5 Å². The van der Waals surface area contributed by atoms with Gasteiger partial charge in [0.1, 0.15) is 6.10 Å². The molecule has 37 heavy (non-hydrogen) atoms. The van der Waals surface area contributed by atoms with Gasteiger partial charge >= 0.3 is 0 Å². The van der Waals surface area contributed by atoms with Crippen LogP contribution >= 0.6 is 0 Å². The molecule has 0 aliphatic carbocycles. The van der Waals surface area contributed by atoms with Crippen LogP contribution in [0.3, 0.4) is 0 Å². The van der Waals surface area contributed by atoms with Crippen molar-refractivity contribution in [3.05, 3.63) is 12.2 Å². The van der Waals surface area contributed by atoms with Crippen molar-refractivity contribution in [1.29, 1.82) is 0 Å². The lowest BCUT2D eigenvalue weighted by atomic mass is 9.81. The molecule has 2 aliphatic heterocycles. The molecule has 1 amide bonds. The first kappa shape index (κ1) is 32.1. The van der Waals surface area contributed by atoms with Gasteiger partial charge in [0.2, 0.25) is 5.91 Å². The topological polar surface area (TPSA) is 184 Å². The van der Waals surface area contributed by atoms with Crippen molar-refractivity contribution in [3.8, 4) is 0 Å². The van der Waals surface area contributed by atoms with Gasteiger partial charge in [0.05, 0.1) is 48.6 Å². The number of aliphatic hydroxyl groups is 5. The number of nitrogens with one attached hydrogen (secondary N) is 1. The lowest BCUT2D eigenvalue weighted by Gasteiger charge is -2.46. The van der Waals surface area contributed by atoms with Crippen LogP contribution in [-0.2, 0) is 19.0 Å². The second-order valence-electron chi connectivity index (χ2n) is 11.1. The highest BCUT2D eigenvalue weighted by Crippen LogP contribution is 2.38. The Bertz CT molecular complexity index is 752. The minimum absolute atomic E-state index is 0.0287. The third-order valence-corrected chi connectivity index (χ3v) is 7.05. The number of hydrogen-bond acceptors (Lipinski definition) is 10. The van der Waals surface area contributed by atoms with E-state index in [1.165, 1.54) is 0 Å². The number of amides is 1. The maximum absolute atomic E-state index is 12.9. The van der Waals surface area contributed by atoms with Crippen molar-refractivity contribution >= 4 is 5.91 Å². The fourth-order valence-electron chi connectivity index (χ4n) is 4.74. The fourth-order valence-corrected chi connectivity index (χ4v) is 4.74. The van der Waals surface area contributed by atoms with E-state index in [1.54, 1.807) is 33.8 Å². The predicted molar refractivity (Wildman–Crippen MR) is 136 cm³/mol. The van der Waals surface area contributed by atoms with Crippen molar-refractivity contribution in [3.63, 3.8) is 0 Å². The van der Waals surface area contributed by atoms with E-state index >= 15 is 0 Å². The van der Waals surface area contributed by atoms with Gasteiger partial charge in [0, 0.05) is 25.8 Å². The van der Waals surface area contributed by atoms with Gasteiger partial charge in [0.15, 0.2) is 12.1 Å². The van der Waals surface area contributed by atoms with E-state index in [1.807, 2.05) is 19.9 Å². The zero-order valence-electron chi connectivity index (χ0n) is 22.9. The molecule has 0 spiro atoms. The Hall–Kier alpha value is -1.15. The van der Waals surface area contributed by atoms with Crippen molar-refractivity contribution < 1.29 is 44.5 Å². The molecule has 0 aromatic carbocycles. The molecule has 11 heteroatoms. The maximum atomic E-state index is 12.9. The predicted octanol–water partition coefficient (Wildman–Crippen LogP) is -0.234. The average Bonchev–Trinajstić information content (AvgIpc) is 2.78. The summed E-state index contributed by atoms with van der Waals surface area (Å²) in [7, 11) is 0. The molecular formula is C26H48N2O9. The van der Waals surface area contributed by atoms with Crippen LogP contribution in [0.15, 0.2) is 12.2 Å². The number of rotatable bonds is 11. The lowest BCUT2D eigenvalue weighted by Crippen LogP contribution is -2.62. The standard InChI is InChI=1S/C26H48N2O9/c1-7-28-24(33)20-18(30)12-26(34,11-17(29)14(4)5)37-19(20)10-16(9-8-13(2)3)36-25-23(32)21(27)22(31)15(6)35-25/h8-9,13-23,25,29-32,34H,7,10-12,27H2,1-6H3,(H,28,33)/b9-8+/t15?,16-,17+,18-,19-,20?,21?,22?,23?,25?,26+/m0/s1.